The van der Waals surface area contributed by atoms with Gasteiger partial charge in [0.25, 0.3) is 0 Å². The summed E-state index contributed by atoms with van der Waals surface area (Å²) in [5.41, 5.74) is 2.06. The van der Waals surface area contributed by atoms with E-state index in [4.69, 9.17) is 0 Å². The highest BCUT2D eigenvalue weighted by molar-refractivity contribution is 8.04. The molecular weight excluding hydrogens is 322 g/mol. The Balaban J connectivity index is 1.64. The van der Waals surface area contributed by atoms with E-state index in [0.717, 1.165) is 21.9 Å². The lowest BCUT2D eigenvalue weighted by Gasteiger charge is -2.17. The third-order valence-corrected chi connectivity index (χ3v) is 6.15. The van der Waals surface area contributed by atoms with Gasteiger partial charge in [-0.05, 0) is 43.3 Å². The monoisotopic (exact) mass is 337 g/mol. The van der Waals surface area contributed by atoms with Gasteiger partial charge in [0.15, 0.2) is 0 Å². The highest BCUT2D eigenvalue weighted by Gasteiger charge is 2.26. The second-order valence-electron chi connectivity index (χ2n) is 5.28. The smallest absolute Gasteiger partial charge is 0.200 e. The minimum Gasteiger partial charge on any atom is -0.335 e. The van der Waals surface area contributed by atoms with Crippen molar-refractivity contribution in [1.82, 2.24) is 0 Å². The average molecular weight is 337 g/mol. The van der Waals surface area contributed by atoms with Crippen LogP contribution in [0.1, 0.15) is 17.3 Å². The lowest BCUT2D eigenvalue weighted by Crippen LogP contribution is -2.16. The van der Waals surface area contributed by atoms with Gasteiger partial charge in [0.05, 0.1) is 15.6 Å². The molecule has 0 radical (unpaired) electrons. The molecule has 0 N–H and O–H groups in total. The minimum atomic E-state index is 0.131. The number of allylic oxidation sites excluding steroid dienone is 3. The number of nitrogens with zero attached hydrogens (tertiary/aromatic N) is 1. The SMILES string of the molecule is CCN1/C(=C/C=C2/Sc3ccccc3C2=O)Sc2ccccc21. The highest BCUT2D eigenvalue weighted by atomic mass is 32.2. The van der Waals surface area contributed by atoms with Gasteiger partial charge in [0, 0.05) is 21.9 Å². The number of fused-ring (bicyclic) bond motifs is 2. The standard InChI is InChI=1S/C19H15NOS2/c1-2-20-14-8-4-6-10-16(14)23-18(20)12-11-17-19(21)13-7-3-5-9-15(13)22-17/h3-12H,2H2,1H3/b17-11+,18-12-. The number of hydrogen-bond acceptors (Lipinski definition) is 4. The summed E-state index contributed by atoms with van der Waals surface area (Å²) in [6.07, 6.45) is 4.03. The van der Waals surface area contributed by atoms with Crippen LogP contribution in [0.3, 0.4) is 0 Å². The Hall–Kier alpha value is -1.91. The van der Waals surface area contributed by atoms with Crippen LogP contribution in [0.5, 0.6) is 0 Å². The summed E-state index contributed by atoms with van der Waals surface area (Å²) in [6, 6.07) is 16.2. The summed E-state index contributed by atoms with van der Waals surface area (Å²) in [5, 5.41) is 1.17. The first-order chi connectivity index (χ1) is 11.3. The van der Waals surface area contributed by atoms with Crippen molar-refractivity contribution in [2.45, 2.75) is 16.7 Å². The summed E-state index contributed by atoms with van der Waals surface area (Å²) in [7, 11) is 0. The maximum atomic E-state index is 12.4. The van der Waals surface area contributed by atoms with Gasteiger partial charge in [-0.25, -0.2) is 0 Å². The average Bonchev–Trinajstić information content (AvgIpc) is 3.10. The summed E-state index contributed by atoms with van der Waals surface area (Å²) in [4.78, 5) is 17.8. The minimum absolute atomic E-state index is 0.131. The molecule has 0 saturated carbocycles. The fourth-order valence-corrected chi connectivity index (χ4v) is 4.92. The van der Waals surface area contributed by atoms with Gasteiger partial charge in [0.2, 0.25) is 5.78 Å². The molecule has 0 amide bonds. The molecule has 23 heavy (non-hydrogen) atoms. The van der Waals surface area contributed by atoms with E-state index >= 15 is 0 Å². The molecule has 0 atom stereocenters. The molecule has 4 heteroatoms. The number of carbonyl (C=O) groups excluding carboxylic acids is 1. The van der Waals surface area contributed by atoms with Gasteiger partial charge in [-0.1, -0.05) is 47.8 Å². The number of rotatable bonds is 2. The molecule has 2 aromatic carbocycles. The van der Waals surface area contributed by atoms with Crippen molar-refractivity contribution in [3.8, 4) is 0 Å². The predicted octanol–water partition coefficient (Wildman–Crippen LogP) is 5.33. The maximum absolute atomic E-state index is 12.4. The summed E-state index contributed by atoms with van der Waals surface area (Å²) in [5.74, 6) is 0.131. The van der Waals surface area contributed by atoms with Crippen LogP contribution in [0.4, 0.5) is 5.69 Å². The molecule has 4 rings (SSSR count). The van der Waals surface area contributed by atoms with Gasteiger partial charge in [-0.2, -0.15) is 0 Å². The van der Waals surface area contributed by atoms with E-state index in [9.17, 15) is 4.79 Å². The number of hydrogen-bond donors (Lipinski definition) is 0. The van der Waals surface area contributed by atoms with Crippen LogP contribution in [-0.4, -0.2) is 12.3 Å². The molecule has 2 heterocycles. The van der Waals surface area contributed by atoms with Crippen LogP contribution in [0.2, 0.25) is 0 Å². The number of carbonyl (C=O) groups is 1. The Kier molecular flexibility index (Phi) is 3.79. The zero-order valence-electron chi connectivity index (χ0n) is 12.7. The van der Waals surface area contributed by atoms with E-state index in [0.29, 0.717) is 0 Å². The van der Waals surface area contributed by atoms with E-state index in [1.165, 1.54) is 15.6 Å². The second-order valence-corrected chi connectivity index (χ2v) is 7.42. The van der Waals surface area contributed by atoms with Crippen LogP contribution in [0.25, 0.3) is 0 Å². The van der Waals surface area contributed by atoms with Gasteiger partial charge in [-0.15, -0.1) is 0 Å². The Morgan fingerprint density at radius 1 is 0.957 bits per heavy atom. The largest absolute Gasteiger partial charge is 0.335 e. The van der Waals surface area contributed by atoms with Crippen LogP contribution < -0.4 is 4.90 Å². The molecule has 2 aliphatic heterocycles. The highest BCUT2D eigenvalue weighted by Crippen LogP contribution is 2.46. The van der Waals surface area contributed by atoms with Crippen molar-refractivity contribution in [3.63, 3.8) is 0 Å². The van der Waals surface area contributed by atoms with Crippen LogP contribution in [0.15, 0.2) is 80.4 Å². The van der Waals surface area contributed by atoms with E-state index < -0.39 is 0 Å². The summed E-state index contributed by atoms with van der Waals surface area (Å²) < 4.78 is 0. The fourth-order valence-electron chi connectivity index (χ4n) is 2.80. The fraction of sp³-hybridized carbons (Fsp3) is 0.105. The molecule has 114 valence electrons. The number of ketones is 1. The van der Waals surface area contributed by atoms with Crippen LogP contribution in [-0.2, 0) is 0 Å². The molecule has 0 aromatic heterocycles. The van der Waals surface area contributed by atoms with Crippen molar-refractivity contribution in [2.75, 3.05) is 11.4 Å². The van der Waals surface area contributed by atoms with Gasteiger partial charge < -0.3 is 4.90 Å². The molecule has 0 fully saturated rings. The van der Waals surface area contributed by atoms with E-state index in [1.807, 2.05) is 30.3 Å². The van der Waals surface area contributed by atoms with E-state index in [1.54, 1.807) is 23.5 Å². The van der Waals surface area contributed by atoms with E-state index in [-0.39, 0.29) is 5.78 Å². The van der Waals surface area contributed by atoms with Crippen molar-refractivity contribution in [1.29, 1.82) is 0 Å². The van der Waals surface area contributed by atoms with Crippen LogP contribution >= 0.6 is 23.5 Å². The maximum Gasteiger partial charge on any atom is 0.200 e. The van der Waals surface area contributed by atoms with Crippen molar-refractivity contribution in [2.24, 2.45) is 0 Å². The Morgan fingerprint density at radius 3 is 2.48 bits per heavy atom. The number of Topliss-reactive ketones (excluding diaryl/α,β-unsaturated/α-hetero) is 1. The molecular formula is C19H15NOS2. The third kappa shape index (κ3) is 2.52. The number of anilines is 1. The first kappa shape index (κ1) is 14.7. The lowest BCUT2D eigenvalue weighted by molar-refractivity contribution is 0.104. The van der Waals surface area contributed by atoms with Crippen molar-refractivity contribution in [3.05, 3.63) is 76.2 Å². The Labute approximate surface area is 144 Å². The molecule has 0 aliphatic carbocycles. The zero-order chi connectivity index (χ0) is 15.8. The molecule has 2 aliphatic rings. The van der Waals surface area contributed by atoms with Gasteiger partial charge in [-0.3, -0.25) is 4.79 Å². The molecule has 2 aromatic rings. The summed E-state index contributed by atoms with van der Waals surface area (Å²) >= 11 is 3.32. The Bertz CT molecular complexity index is 854. The molecule has 0 unspecified atom stereocenters. The quantitative estimate of drug-likeness (QED) is 0.690. The first-order valence-electron chi connectivity index (χ1n) is 7.56. The second kappa shape index (κ2) is 5.95. The molecule has 2 nitrogen and oxygen atoms in total. The molecule has 0 saturated heterocycles. The molecule has 0 spiro atoms. The van der Waals surface area contributed by atoms with Crippen molar-refractivity contribution >= 4 is 35.0 Å². The number of benzene rings is 2. The first-order valence-corrected chi connectivity index (χ1v) is 9.19. The zero-order valence-corrected chi connectivity index (χ0v) is 14.3. The molecule has 0 bridgehead atoms. The normalized spacial score (nSPS) is 19.5. The number of thioether (sulfide) groups is 2. The van der Waals surface area contributed by atoms with Gasteiger partial charge in [0.1, 0.15) is 0 Å². The van der Waals surface area contributed by atoms with E-state index in [2.05, 4.69) is 42.2 Å². The Morgan fingerprint density at radius 2 is 1.70 bits per heavy atom. The lowest BCUT2D eigenvalue weighted by atomic mass is 10.1. The third-order valence-electron chi connectivity index (χ3n) is 3.91. The van der Waals surface area contributed by atoms with Crippen molar-refractivity contribution < 1.29 is 4.79 Å². The topological polar surface area (TPSA) is 20.3 Å². The summed E-state index contributed by atoms with van der Waals surface area (Å²) in [6.45, 7) is 3.06. The van der Waals surface area contributed by atoms with Gasteiger partial charge >= 0.3 is 0 Å². The number of para-hydroxylation sites is 1. The predicted molar refractivity (Wildman–Crippen MR) is 98.1 cm³/mol. The van der Waals surface area contributed by atoms with Crippen LogP contribution in [0, 0.1) is 0 Å².